The molecule has 0 fully saturated rings. The summed E-state index contributed by atoms with van der Waals surface area (Å²) in [7, 11) is 0. The summed E-state index contributed by atoms with van der Waals surface area (Å²) < 4.78 is 2.18. The maximum atomic E-state index is 4.84. The molecule has 0 aliphatic heterocycles. The Morgan fingerprint density at radius 3 is 1.68 bits per heavy atom. The van der Waals surface area contributed by atoms with E-state index in [-0.39, 0.29) is 0 Å². The fraction of sp³-hybridized carbons (Fsp3) is 0.0370. The molecular formula is C27H21N4+. The highest BCUT2D eigenvalue weighted by atomic mass is 14.9. The lowest BCUT2D eigenvalue weighted by atomic mass is 10.0. The maximum Gasteiger partial charge on any atom is 0.173 e. The Hall–Kier alpha value is -4.18. The Balaban J connectivity index is 1.53. The second-order valence-corrected chi connectivity index (χ2v) is 7.30. The molecule has 4 heteroatoms. The molecule has 0 radical (unpaired) electrons. The fourth-order valence-corrected chi connectivity index (χ4v) is 3.54. The zero-order valence-corrected chi connectivity index (χ0v) is 17.0. The van der Waals surface area contributed by atoms with E-state index in [0.717, 1.165) is 40.4 Å². The van der Waals surface area contributed by atoms with Crippen molar-refractivity contribution in [1.82, 2.24) is 15.0 Å². The number of benzene rings is 1. The number of aromatic nitrogens is 4. The molecule has 4 nitrogen and oxygen atoms in total. The summed E-state index contributed by atoms with van der Waals surface area (Å²) in [5.74, 6) is 0. The first-order valence-electron chi connectivity index (χ1n) is 10.2. The Bertz CT molecular complexity index is 1210. The van der Waals surface area contributed by atoms with Gasteiger partial charge in [0.2, 0.25) is 0 Å². The van der Waals surface area contributed by atoms with Crippen LogP contribution in [0.2, 0.25) is 0 Å². The summed E-state index contributed by atoms with van der Waals surface area (Å²) in [6.07, 6.45) is 7.81. The van der Waals surface area contributed by atoms with Crippen LogP contribution in [0.4, 0.5) is 0 Å². The second kappa shape index (κ2) is 8.67. The SMILES string of the molecule is c1ccc(C[n+]2ccc(-c3cc(-c4ccccn4)nc(-c4ccccn4)c3)cc2)cc1. The van der Waals surface area contributed by atoms with Crippen molar-refractivity contribution in [1.29, 1.82) is 0 Å². The van der Waals surface area contributed by atoms with Crippen LogP contribution in [0.1, 0.15) is 5.56 Å². The van der Waals surface area contributed by atoms with Gasteiger partial charge in [0.15, 0.2) is 18.9 Å². The number of nitrogens with zero attached hydrogens (tertiary/aromatic N) is 4. The molecule has 0 unspecified atom stereocenters. The average Bonchev–Trinajstić information content (AvgIpc) is 2.86. The minimum Gasteiger partial charge on any atom is -0.255 e. The van der Waals surface area contributed by atoms with E-state index in [1.807, 2.05) is 42.5 Å². The number of hydrogen-bond donors (Lipinski definition) is 0. The maximum absolute atomic E-state index is 4.84. The molecular weight excluding hydrogens is 380 g/mol. The molecule has 4 heterocycles. The monoisotopic (exact) mass is 401 g/mol. The van der Waals surface area contributed by atoms with Gasteiger partial charge in [-0.25, -0.2) is 9.55 Å². The first-order chi connectivity index (χ1) is 15.3. The predicted molar refractivity (Wildman–Crippen MR) is 122 cm³/mol. The van der Waals surface area contributed by atoms with Gasteiger partial charge in [-0.2, -0.15) is 0 Å². The normalized spacial score (nSPS) is 10.7. The van der Waals surface area contributed by atoms with Gasteiger partial charge in [0.25, 0.3) is 0 Å². The zero-order valence-electron chi connectivity index (χ0n) is 17.0. The number of pyridine rings is 4. The molecule has 0 bridgehead atoms. The van der Waals surface area contributed by atoms with Crippen LogP contribution >= 0.6 is 0 Å². The molecule has 1 aromatic carbocycles. The van der Waals surface area contributed by atoms with Crippen LogP contribution in [0.3, 0.4) is 0 Å². The predicted octanol–water partition coefficient (Wildman–Crippen LogP) is 5.21. The number of hydrogen-bond acceptors (Lipinski definition) is 3. The molecule has 0 saturated carbocycles. The smallest absolute Gasteiger partial charge is 0.173 e. The lowest BCUT2D eigenvalue weighted by Gasteiger charge is -2.09. The third-order valence-corrected chi connectivity index (χ3v) is 5.11. The summed E-state index contributed by atoms with van der Waals surface area (Å²) in [4.78, 5) is 13.8. The highest BCUT2D eigenvalue weighted by molar-refractivity contribution is 5.74. The molecule has 31 heavy (non-hydrogen) atoms. The van der Waals surface area contributed by atoms with E-state index in [1.54, 1.807) is 12.4 Å². The summed E-state index contributed by atoms with van der Waals surface area (Å²) in [5, 5.41) is 0. The summed E-state index contributed by atoms with van der Waals surface area (Å²) in [5.41, 5.74) is 6.84. The third-order valence-electron chi connectivity index (χ3n) is 5.11. The van der Waals surface area contributed by atoms with Crippen molar-refractivity contribution >= 4 is 0 Å². The van der Waals surface area contributed by atoms with Gasteiger partial charge in [0, 0.05) is 30.1 Å². The van der Waals surface area contributed by atoms with Gasteiger partial charge < -0.3 is 0 Å². The lowest BCUT2D eigenvalue weighted by Crippen LogP contribution is -2.32. The van der Waals surface area contributed by atoms with Crippen molar-refractivity contribution in [2.24, 2.45) is 0 Å². The number of rotatable bonds is 5. The molecule has 0 spiro atoms. The fourth-order valence-electron chi connectivity index (χ4n) is 3.54. The Morgan fingerprint density at radius 2 is 1.13 bits per heavy atom. The van der Waals surface area contributed by atoms with E-state index in [0.29, 0.717) is 0 Å². The molecule has 0 aliphatic rings. The minimum atomic E-state index is 0.833. The topological polar surface area (TPSA) is 42.5 Å². The van der Waals surface area contributed by atoms with Gasteiger partial charge in [-0.3, -0.25) is 9.97 Å². The molecule has 0 amide bonds. The molecule has 0 atom stereocenters. The van der Waals surface area contributed by atoms with E-state index in [2.05, 4.69) is 75.5 Å². The molecule has 5 rings (SSSR count). The quantitative estimate of drug-likeness (QED) is 0.380. The Morgan fingerprint density at radius 1 is 0.548 bits per heavy atom. The highest BCUT2D eigenvalue weighted by Crippen LogP contribution is 2.28. The van der Waals surface area contributed by atoms with Crippen LogP contribution in [0.15, 0.2) is 116 Å². The van der Waals surface area contributed by atoms with Crippen LogP contribution < -0.4 is 4.57 Å². The van der Waals surface area contributed by atoms with Gasteiger partial charge in [-0.05, 0) is 47.5 Å². The van der Waals surface area contributed by atoms with Gasteiger partial charge in [-0.1, -0.05) is 42.5 Å². The van der Waals surface area contributed by atoms with E-state index in [4.69, 9.17) is 4.98 Å². The third kappa shape index (κ3) is 4.38. The molecule has 0 saturated heterocycles. The summed E-state index contributed by atoms with van der Waals surface area (Å²) in [6.45, 7) is 0.843. The first kappa shape index (κ1) is 18.8. The van der Waals surface area contributed by atoms with Crippen LogP contribution in [0, 0.1) is 0 Å². The summed E-state index contributed by atoms with van der Waals surface area (Å²) in [6, 6.07) is 30.7. The Kier molecular flexibility index (Phi) is 5.27. The van der Waals surface area contributed by atoms with Crippen LogP contribution in [0.5, 0.6) is 0 Å². The molecule has 5 aromatic rings. The zero-order chi connectivity index (χ0) is 20.9. The van der Waals surface area contributed by atoms with Gasteiger partial charge >= 0.3 is 0 Å². The molecule has 148 valence electrons. The van der Waals surface area contributed by atoms with Gasteiger partial charge in [0.1, 0.15) is 0 Å². The van der Waals surface area contributed by atoms with Gasteiger partial charge in [-0.15, -0.1) is 0 Å². The average molecular weight is 401 g/mol. The van der Waals surface area contributed by atoms with E-state index in [1.165, 1.54) is 5.56 Å². The van der Waals surface area contributed by atoms with E-state index < -0.39 is 0 Å². The highest BCUT2D eigenvalue weighted by Gasteiger charge is 2.11. The molecule has 0 N–H and O–H groups in total. The van der Waals surface area contributed by atoms with Crippen molar-refractivity contribution in [3.63, 3.8) is 0 Å². The molecule has 4 aromatic heterocycles. The summed E-state index contributed by atoms with van der Waals surface area (Å²) >= 11 is 0. The van der Waals surface area contributed by atoms with Crippen LogP contribution in [-0.2, 0) is 6.54 Å². The molecule has 0 aliphatic carbocycles. The largest absolute Gasteiger partial charge is 0.255 e. The van der Waals surface area contributed by atoms with Crippen molar-refractivity contribution in [2.75, 3.05) is 0 Å². The standard InChI is InChI=1S/C27H21N4/c1-2-8-21(9-3-1)20-31-16-12-22(13-17-31)23-18-26(24-10-4-6-14-28-24)30-27(19-23)25-11-5-7-15-29-25/h1-19H,20H2/q+1. The first-order valence-corrected chi connectivity index (χ1v) is 10.2. The van der Waals surface area contributed by atoms with E-state index >= 15 is 0 Å². The van der Waals surface area contributed by atoms with E-state index in [9.17, 15) is 0 Å². The van der Waals surface area contributed by atoms with Crippen molar-refractivity contribution in [3.8, 4) is 33.9 Å². The van der Waals surface area contributed by atoms with Gasteiger partial charge in [0.05, 0.1) is 22.8 Å². The second-order valence-electron chi connectivity index (χ2n) is 7.30. The van der Waals surface area contributed by atoms with Crippen LogP contribution in [0.25, 0.3) is 33.9 Å². The Labute approximate surface area is 181 Å². The minimum absolute atomic E-state index is 0.833. The van der Waals surface area contributed by atoms with Crippen molar-refractivity contribution in [2.45, 2.75) is 6.54 Å². The van der Waals surface area contributed by atoms with Crippen molar-refractivity contribution in [3.05, 3.63) is 121 Å². The van der Waals surface area contributed by atoms with Crippen molar-refractivity contribution < 1.29 is 4.57 Å². The van der Waals surface area contributed by atoms with Crippen LogP contribution in [-0.4, -0.2) is 15.0 Å². The lowest BCUT2D eigenvalue weighted by molar-refractivity contribution is -0.688.